The Bertz CT molecular complexity index is 487. The Hall–Kier alpha value is -0.905. The van der Waals surface area contributed by atoms with Crippen LogP contribution in [0.5, 0.6) is 0 Å². The van der Waals surface area contributed by atoms with Crippen molar-refractivity contribution in [2.24, 2.45) is 0 Å². The number of benzene rings is 1. The van der Waals surface area contributed by atoms with Gasteiger partial charge >= 0.3 is 7.12 Å². The largest absolute Gasteiger partial charge is 0.495 e. The van der Waals surface area contributed by atoms with E-state index in [9.17, 15) is 4.39 Å². The van der Waals surface area contributed by atoms with Crippen molar-refractivity contribution in [1.29, 1.82) is 0 Å². The van der Waals surface area contributed by atoms with Crippen LogP contribution in [0.4, 0.5) is 4.39 Å². The molecule has 0 atom stereocenters. The van der Waals surface area contributed by atoms with Crippen molar-refractivity contribution >= 4 is 12.6 Å². The summed E-state index contributed by atoms with van der Waals surface area (Å²) in [5.41, 5.74) is 0.964. The lowest BCUT2D eigenvalue weighted by atomic mass is 9.75. The zero-order valence-electron chi connectivity index (χ0n) is 13.2. The zero-order chi connectivity index (χ0) is 15.1. The first-order valence-electron chi connectivity index (χ1n) is 6.91. The van der Waals surface area contributed by atoms with Crippen LogP contribution >= 0.6 is 0 Å². The second-order valence-corrected chi connectivity index (χ2v) is 6.67. The Labute approximate surface area is 121 Å². The summed E-state index contributed by atoms with van der Waals surface area (Å²) in [5, 5.41) is 0. The molecule has 1 heterocycles. The second kappa shape index (κ2) is 5.13. The lowest BCUT2D eigenvalue weighted by molar-refractivity contribution is 0.00578. The van der Waals surface area contributed by atoms with Crippen LogP contribution in [0.25, 0.3) is 0 Å². The molecule has 0 aliphatic carbocycles. The Kier molecular flexibility index (Phi) is 3.97. The summed E-state index contributed by atoms with van der Waals surface area (Å²) < 4.78 is 25.6. The molecule has 20 heavy (non-hydrogen) atoms. The van der Waals surface area contributed by atoms with E-state index in [2.05, 4.69) is 0 Å². The normalized spacial score (nSPS) is 20.7. The van der Waals surface area contributed by atoms with Crippen molar-refractivity contribution in [2.45, 2.75) is 45.4 Å². The third kappa shape index (κ3) is 2.90. The minimum Gasteiger partial charge on any atom is -0.399 e. The van der Waals surface area contributed by atoms with Crippen LogP contribution in [0.3, 0.4) is 0 Å². The average molecular weight is 279 g/mol. The quantitative estimate of drug-likeness (QED) is 0.792. The Morgan fingerprint density at radius 1 is 1.10 bits per heavy atom. The van der Waals surface area contributed by atoms with Crippen LogP contribution in [0.15, 0.2) is 18.2 Å². The van der Waals surface area contributed by atoms with Gasteiger partial charge in [0.05, 0.1) is 11.2 Å². The van der Waals surface area contributed by atoms with Crippen molar-refractivity contribution in [3.8, 4) is 0 Å². The molecular weight excluding hydrogens is 256 g/mol. The molecule has 1 aromatic carbocycles. The molecule has 110 valence electrons. The van der Waals surface area contributed by atoms with E-state index < -0.39 is 18.3 Å². The van der Waals surface area contributed by atoms with Gasteiger partial charge in [-0.25, -0.2) is 4.39 Å². The van der Waals surface area contributed by atoms with Gasteiger partial charge < -0.3 is 14.2 Å². The lowest BCUT2D eigenvalue weighted by Crippen LogP contribution is -2.41. The van der Waals surface area contributed by atoms with E-state index in [0.717, 1.165) is 17.6 Å². The zero-order valence-corrected chi connectivity index (χ0v) is 13.2. The van der Waals surface area contributed by atoms with Crippen molar-refractivity contribution in [2.75, 3.05) is 14.1 Å². The van der Waals surface area contributed by atoms with Crippen LogP contribution in [-0.4, -0.2) is 37.3 Å². The lowest BCUT2D eigenvalue weighted by Gasteiger charge is -2.32. The molecule has 0 amide bonds. The molecule has 0 saturated carbocycles. The molecule has 1 fully saturated rings. The smallest absolute Gasteiger partial charge is 0.399 e. The van der Waals surface area contributed by atoms with Crippen LogP contribution in [0, 0.1) is 5.82 Å². The fraction of sp³-hybridized carbons (Fsp3) is 0.600. The minimum absolute atomic E-state index is 0.266. The topological polar surface area (TPSA) is 21.7 Å². The molecular formula is C15H23BFNO2. The van der Waals surface area contributed by atoms with E-state index in [1.807, 2.05) is 46.7 Å². The number of rotatable bonds is 3. The van der Waals surface area contributed by atoms with Crippen molar-refractivity contribution in [3.05, 3.63) is 29.6 Å². The van der Waals surface area contributed by atoms with Gasteiger partial charge in [-0.1, -0.05) is 6.07 Å². The summed E-state index contributed by atoms with van der Waals surface area (Å²) >= 11 is 0. The van der Waals surface area contributed by atoms with Crippen molar-refractivity contribution in [1.82, 2.24) is 4.90 Å². The predicted molar refractivity (Wildman–Crippen MR) is 79.5 cm³/mol. The molecule has 1 aliphatic rings. The Morgan fingerprint density at radius 2 is 1.65 bits per heavy atom. The third-order valence-corrected chi connectivity index (χ3v) is 4.10. The molecule has 0 unspecified atom stereocenters. The number of halogens is 1. The summed E-state index contributed by atoms with van der Waals surface area (Å²) in [6.45, 7) is 8.71. The van der Waals surface area contributed by atoms with Crippen LogP contribution in [0.2, 0.25) is 0 Å². The van der Waals surface area contributed by atoms with Gasteiger partial charge in [-0.05, 0) is 64.9 Å². The predicted octanol–water partition coefficient (Wildman–Crippen LogP) is 2.19. The van der Waals surface area contributed by atoms with E-state index in [1.54, 1.807) is 6.07 Å². The van der Waals surface area contributed by atoms with Gasteiger partial charge in [0.15, 0.2) is 0 Å². The summed E-state index contributed by atoms with van der Waals surface area (Å²) in [4.78, 5) is 2.04. The number of nitrogens with zero attached hydrogens (tertiary/aromatic N) is 1. The van der Waals surface area contributed by atoms with E-state index >= 15 is 0 Å². The van der Waals surface area contributed by atoms with E-state index in [0.29, 0.717) is 0 Å². The molecule has 0 N–H and O–H groups in total. The fourth-order valence-corrected chi connectivity index (χ4v) is 2.24. The van der Waals surface area contributed by atoms with Gasteiger partial charge in [0.2, 0.25) is 0 Å². The summed E-state index contributed by atoms with van der Waals surface area (Å²) in [7, 11) is 3.44. The van der Waals surface area contributed by atoms with Gasteiger partial charge in [0.25, 0.3) is 0 Å². The molecule has 5 heteroatoms. The summed E-state index contributed by atoms with van der Waals surface area (Å²) in [6.07, 6.45) is 0. The van der Waals surface area contributed by atoms with Gasteiger partial charge in [-0.2, -0.15) is 0 Å². The highest BCUT2D eigenvalue weighted by Gasteiger charge is 2.52. The molecule has 1 aromatic rings. The maximum absolute atomic E-state index is 13.6. The second-order valence-electron chi connectivity index (χ2n) is 6.67. The maximum Gasteiger partial charge on any atom is 0.495 e. The molecule has 0 radical (unpaired) electrons. The monoisotopic (exact) mass is 279 g/mol. The number of hydrogen-bond donors (Lipinski definition) is 0. The SMILES string of the molecule is CN(C)Cc1ccc(F)cc1B1OC(C)(C)C(C)(C)O1. The highest BCUT2D eigenvalue weighted by atomic mass is 19.1. The highest BCUT2D eigenvalue weighted by Crippen LogP contribution is 2.36. The molecule has 0 bridgehead atoms. The van der Waals surface area contributed by atoms with Gasteiger partial charge in [0, 0.05) is 6.54 Å². The van der Waals surface area contributed by atoms with Gasteiger partial charge in [-0.3, -0.25) is 0 Å². The molecule has 0 spiro atoms. The average Bonchev–Trinajstić information content (AvgIpc) is 2.50. The van der Waals surface area contributed by atoms with E-state index in [4.69, 9.17) is 9.31 Å². The fourth-order valence-electron chi connectivity index (χ4n) is 2.24. The molecule has 2 rings (SSSR count). The van der Waals surface area contributed by atoms with Crippen LogP contribution in [0.1, 0.15) is 33.3 Å². The molecule has 1 aliphatic heterocycles. The van der Waals surface area contributed by atoms with E-state index in [1.165, 1.54) is 12.1 Å². The first-order valence-corrected chi connectivity index (χ1v) is 6.91. The van der Waals surface area contributed by atoms with Crippen molar-refractivity contribution in [3.63, 3.8) is 0 Å². The van der Waals surface area contributed by atoms with Gasteiger partial charge in [0.1, 0.15) is 5.82 Å². The van der Waals surface area contributed by atoms with E-state index in [-0.39, 0.29) is 5.82 Å². The third-order valence-electron chi connectivity index (χ3n) is 4.10. The first kappa shape index (κ1) is 15.5. The van der Waals surface area contributed by atoms with Crippen LogP contribution < -0.4 is 5.46 Å². The highest BCUT2D eigenvalue weighted by molar-refractivity contribution is 6.62. The summed E-state index contributed by atoms with van der Waals surface area (Å²) in [6, 6.07) is 4.80. The Morgan fingerprint density at radius 3 is 2.15 bits per heavy atom. The summed E-state index contributed by atoms with van der Waals surface area (Å²) in [5.74, 6) is -0.266. The molecule has 0 aromatic heterocycles. The van der Waals surface area contributed by atoms with Gasteiger partial charge in [-0.15, -0.1) is 0 Å². The van der Waals surface area contributed by atoms with Crippen LogP contribution in [-0.2, 0) is 15.9 Å². The first-order chi connectivity index (χ1) is 9.12. The number of hydrogen-bond acceptors (Lipinski definition) is 3. The minimum atomic E-state index is -0.523. The molecule has 3 nitrogen and oxygen atoms in total. The standard InChI is InChI=1S/C15H23BFNO2/c1-14(2)15(3,4)20-16(19-14)13-9-12(17)8-7-11(13)10-18(5)6/h7-9H,10H2,1-6H3. The van der Waals surface area contributed by atoms with Crippen molar-refractivity contribution < 1.29 is 13.7 Å². The maximum atomic E-state index is 13.6. The Balaban J connectivity index is 2.36. The molecule has 1 saturated heterocycles.